The maximum atomic E-state index is 12.8. The lowest BCUT2D eigenvalue weighted by Gasteiger charge is -2.39. The first kappa shape index (κ1) is 55.9. The predicted molar refractivity (Wildman–Crippen MR) is 242 cm³/mol. The molecule has 1 aliphatic heterocycles. The van der Waals surface area contributed by atoms with Gasteiger partial charge in [-0.15, -0.1) is 0 Å². The van der Waals surface area contributed by atoms with Crippen LogP contribution in [-0.4, -0.2) is 89.0 Å². The van der Waals surface area contributed by atoms with Crippen molar-refractivity contribution in [1.82, 2.24) is 0 Å². The number of esters is 2. The Morgan fingerprint density at radius 1 is 0.517 bits per heavy atom. The maximum absolute atomic E-state index is 12.8. The van der Waals surface area contributed by atoms with E-state index < -0.39 is 49.4 Å². The molecule has 0 aromatic rings. The van der Waals surface area contributed by atoms with Gasteiger partial charge in [0.25, 0.3) is 0 Å². The van der Waals surface area contributed by atoms with Crippen LogP contribution in [0.5, 0.6) is 0 Å². The van der Waals surface area contributed by atoms with Crippen LogP contribution in [0.1, 0.15) is 213 Å². The maximum Gasteiger partial charge on any atom is 0.306 e. The van der Waals surface area contributed by atoms with Gasteiger partial charge in [-0.05, 0) is 70.6 Å². The van der Waals surface area contributed by atoms with Crippen LogP contribution in [0.2, 0.25) is 0 Å². The minimum Gasteiger partial charge on any atom is -0.462 e. The van der Waals surface area contributed by atoms with Crippen LogP contribution in [0.3, 0.4) is 0 Å². The summed E-state index contributed by atoms with van der Waals surface area (Å²) in [4.78, 5) is 25.4. The van der Waals surface area contributed by atoms with Crippen molar-refractivity contribution < 1.29 is 49.0 Å². The number of carbonyl (C=O) groups is 2. The normalized spacial score (nSPS) is 20.1. The number of hydrogen-bond donors (Lipinski definition) is 4. The lowest BCUT2D eigenvalue weighted by Crippen LogP contribution is -2.59. The first-order valence-corrected chi connectivity index (χ1v) is 24.6. The average molecular weight is 851 g/mol. The number of rotatable bonds is 41. The minimum atomic E-state index is -1.60. The second kappa shape index (κ2) is 41.0. The molecule has 60 heavy (non-hydrogen) atoms. The summed E-state index contributed by atoms with van der Waals surface area (Å²) in [7, 11) is 0. The first-order chi connectivity index (χ1) is 29.3. The molecular weight excluding hydrogens is 761 g/mol. The number of allylic oxidation sites excluding steroid dienone is 6. The molecule has 0 aliphatic carbocycles. The van der Waals surface area contributed by atoms with Gasteiger partial charge in [-0.1, -0.05) is 166 Å². The number of aliphatic hydroxyl groups is 4. The summed E-state index contributed by atoms with van der Waals surface area (Å²) in [6, 6.07) is 0. The van der Waals surface area contributed by atoms with Crippen LogP contribution in [0.25, 0.3) is 0 Å². The highest BCUT2D eigenvalue weighted by atomic mass is 16.7. The van der Waals surface area contributed by atoms with Gasteiger partial charge in [0.2, 0.25) is 0 Å². The number of ether oxygens (including phenoxy) is 4. The van der Waals surface area contributed by atoms with Crippen molar-refractivity contribution in [3.63, 3.8) is 0 Å². The molecule has 1 fully saturated rings. The molecule has 1 rings (SSSR count). The Labute approximate surface area is 366 Å². The van der Waals surface area contributed by atoms with Gasteiger partial charge in [-0.2, -0.15) is 0 Å². The third-order valence-electron chi connectivity index (χ3n) is 11.2. The van der Waals surface area contributed by atoms with Crippen molar-refractivity contribution in [1.29, 1.82) is 0 Å². The highest BCUT2D eigenvalue weighted by Gasteiger charge is 2.44. The summed E-state index contributed by atoms with van der Waals surface area (Å²) >= 11 is 0. The molecular formula is C50H90O10. The van der Waals surface area contributed by atoms with Crippen LogP contribution in [-0.2, 0) is 28.5 Å². The van der Waals surface area contributed by atoms with E-state index in [4.69, 9.17) is 18.9 Å². The Morgan fingerprint density at radius 2 is 0.933 bits per heavy atom. The zero-order valence-electron chi connectivity index (χ0n) is 38.2. The minimum absolute atomic E-state index is 0.222. The van der Waals surface area contributed by atoms with Crippen molar-refractivity contribution in [2.75, 3.05) is 19.8 Å². The van der Waals surface area contributed by atoms with E-state index >= 15 is 0 Å². The second-order valence-electron chi connectivity index (χ2n) is 16.9. The molecule has 10 nitrogen and oxygen atoms in total. The summed E-state index contributed by atoms with van der Waals surface area (Å²) < 4.78 is 22.2. The van der Waals surface area contributed by atoms with Gasteiger partial charge in [0.1, 0.15) is 31.0 Å². The van der Waals surface area contributed by atoms with Crippen LogP contribution < -0.4 is 0 Å². The fourth-order valence-electron chi connectivity index (χ4n) is 7.33. The topological polar surface area (TPSA) is 152 Å². The molecule has 0 aromatic carbocycles. The molecule has 0 amide bonds. The molecule has 1 aliphatic rings. The standard InChI is InChI=1S/C50H90O10/c1-3-5-7-9-11-13-15-17-19-21-22-23-25-27-29-31-33-35-37-39-46(53)59-43(42-58-50-49(56)48(55)47(54)44(40-51)60-50)41-57-45(52)38-36-34-32-30-28-26-24-20-18-16-14-12-10-8-6-4-2/h11,13,17,19-20,24,43-44,47-51,54-56H,3-10,12,14-16,18,21-23,25-42H2,1-2H3/b13-11-,19-17-,24-20-. The third kappa shape index (κ3) is 31.7. The molecule has 10 heteroatoms. The summed E-state index contributed by atoms with van der Waals surface area (Å²) in [6.07, 6.45) is 40.0. The van der Waals surface area contributed by atoms with Gasteiger partial charge in [-0.3, -0.25) is 9.59 Å². The lowest BCUT2D eigenvalue weighted by atomic mass is 9.99. The Kier molecular flexibility index (Phi) is 38.2. The number of carbonyl (C=O) groups excluding carboxylic acids is 2. The molecule has 350 valence electrons. The van der Waals surface area contributed by atoms with E-state index in [1.54, 1.807) is 0 Å². The Bertz CT molecular complexity index is 1080. The monoisotopic (exact) mass is 851 g/mol. The van der Waals surface area contributed by atoms with Crippen molar-refractivity contribution in [3.05, 3.63) is 36.5 Å². The van der Waals surface area contributed by atoms with E-state index in [1.165, 1.54) is 109 Å². The summed E-state index contributed by atoms with van der Waals surface area (Å²) in [5, 5.41) is 40.1. The quantitative estimate of drug-likeness (QED) is 0.0266. The Hall–Kier alpha value is -2.08. The van der Waals surface area contributed by atoms with E-state index in [0.717, 1.165) is 64.2 Å². The predicted octanol–water partition coefficient (Wildman–Crippen LogP) is 11.1. The third-order valence-corrected chi connectivity index (χ3v) is 11.2. The summed E-state index contributed by atoms with van der Waals surface area (Å²) in [6.45, 7) is 3.40. The molecule has 6 atom stereocenters. The van der Waals surface area contributed by atoms with Gasteiger partial charge >= 0.3 is 11.9 Å². The lowest BCUT2D eigenvalue weighted by molar-refractivity contribution is -0.305. The first-order valence-electron chi connectivity index (χ1n) is 24.6. The average Bonchev–Trinajstić information content (AvgIpc) is 3.25. The number of hydrogen-bond acceptors (Lipinski definition) is 10. The SMILES string of the molecule is CCCCC/C=C\C/C=C\CCCCCCCCCCCC(=O)OC(COC(=O)CCCCCCC/C=C\CCCCCCCCC)COC1OC(CO)C(O)C(O)C1O. The van der Waals surface area contributed by atoms with Crippen LogP contribution in [0, 0.1) is 0 Å². The van der Waals surface area contributed by atoms with Gasteiger partial charge in [0.15, 0.2) is 12.4 Å². The Balaban J connectivity index is 2.29. The molecule has 1 saturated heterocycles. The number of aliphatic hydroxyl groups excluding tert-OH is 4. The van der Waals surface area contributed by atoms with E-state index in [0.29, 0.717) is 12.8 Å². The number of unbranched alkanes of at least 4 members (excludes halogenated alkanes) is 24. The summed E-state index contributed by atoms with van der Waals surface area (Å²) in [5.41, 5.74) is 0. The van der Waals surface area contributed by atoms with Crippen LogP contribution in [0.4, 0.5) is 0 Å². The molecule has 0 bridgehead atoms. The highest BCUT2D eigenvalue weighted by molar-refractivity contribution is 5.70. The van der Waals surface area contributed by atoms with E-state index in [1.807, 2.05) is 0 Å². The molecule has 1 heterocycles. The molecule has 0 radical (unpaired) electrons. The van der Waals surface area contributed by atoms with Gasteiger partial charge in [0, 0.05) is 12.8 Å². The van der Waals surface area contributed by atoms with E-state index in [-0.39, 0.29) is 32.0 Å². The molecule has 4 N–H and O–H groups in total. The van der Waals surface area contributed by atoms with Gasteiger partial charge in [-0.25, -0.2) is 0 Å². The van der Waals surface area contributed by atoms with Crippen LogP contribution >= 0.6 is 0 Å². The molecule has 0 spiro atoms. The van der Waals surface area contributed by atoms with Gasteiger partial charge in [0.05, 0.1) is 13.2 Å². The van der Waals surface area contributed by atoms with Crippen LogP contribution in [0.15, 0.2) is 36.5 Å². The van der Waals surface area contributed by atoms with E-state index in [9.17, 15) is 30.0 Å². The molecule has 6 unspecified atom stereocenters. The highest BCUT2D eigenvalue weighted by Crippen LogP contribution is 2.23. The summed E-state index contributed by atoms with van der Waals surface area (Å²) in [5.74, 6) is -0.816. The fraction of sp³-hybridized carbons (Fsp3) is 0.840. The largest absolute Gasteiger partial charge is 0.462 e. The zero-order chi connectivity index (χ0) is 43.7. The molecule has 0 saturated carbocycles. The zero-order valence-corrected chi connectivity index (χ0v) is 38.2. The van der Waals surface area contributed by atoms with Crippen molar-refractivity contribution in [2.45, 2.75) is 250 Å². The molecule has 0 aromatic heterocycles. The fourth-order valence-corrected chi connectivity index (χ4v) is 7.33. The van der Waals surface area contributed by atoms with Gasteiger partial charge < -0.3 is 39.4 Å². The van der Waals surface area contributed by atoms with Crippen molar-refractivity contribution in [2.24, 2.45) is 0 Å². The van der Waals surface area contributed by atoms with E-state index in [2.05, 4.69) is 50.3 Å². The van der Waals surface area contributed by atoms with Crippen molar-refractivity contribution >= 4 is 11.9 Å². The second-order valence-corrected chi connectivity index (χ2v) is 16.9. The smallest absolute Gasteiger partial charge is 0.306 e. The Morgan fingerprint density at radius 3 is 1.43 bits per heavy atom. The van der Waals surface area contributed by atoms with Crippen molar-refractivity contribution in [3.8, 4) is 0 Å².